The van der Waals surface area contributed by atoms with Gasteiger partial charge in [-0.15, -0.1) is 10.2 Å². The van der Waals surface area contributed by atoms with E-state index in [0.29, 0.717) is 17.8 Å². The van der Waals surface area contributed by atoms with Crippen LogP contribution in [-0.4, -0.2) is 26.4 Å². The van der Waals surface area contributed by atoms with Gasteiger partial charge >= 0.3 is 0 Å². The van der Waals surface area contributed by atoms with Crippen LogP contribution in [0.25, 0.3) is 22.1 Å². The van der Waals surface area contributed by atoms with Crippen LogP contribution < -0.4 is 5.43 Å². The maximum Gasteiger partial charge on any atom is 0.265 e. The lowest BCUT2D eigenvalue weighted by atomic mass is 9.74. The standard InChI is InChI=1S/C24H32N6/c1-15(2)7-5-9-18-11-12-19(17(4)13-18)14-25-29-24-27-23-22(28-30-24)20-10-6-8-16(3)21(20)26-23/h6-8,10,14,17-19H,5,9,11-13H2,1-4H3,(H2,26,27,29,30)/b25-14+/t17-,18+,19+/m0/s1. The number of aromatic amines is 1. The summed E-state index contributed by atoms with van der Waals surface area (Å²) in [6.07, 6.45) is 10.7. The zero-order valence-electron chi connectivity index (χ0n) is 18.4. The first-order valence-corrected chi connectivity index (χ1v) is 11.1. The van der Waals surface area contributed by atoms with Crippen LogP contribution in [0, 0.1) is 24.7 Å². The van der Waals surface area contributed by atoms with Gasteiger partial charge in [0.05, 0.1) is 5.52 Å². The van der Waals surface area contributed by atoms with Crippen molar-refractivity contribution in [1.29, 1.82) is 0 Å². The van der Waals surface area contributed by atoms with E-state index in [1.165, 1.54) is 43.2 Å². The number of hydrazone groups is 1. The average Bonchev–Trinajstić information content (AvgIpc) is 3.09. The second-order valence-electron chi connectivity index (χ2n) is 9.02. The Morgan fingerprint density at radius 3 is 2.93 bits per heavy atom. The van der Waals surface area contributed by atoms with Crippen LogP contribution in [0.15, 0.2) is 34.9 Å². The molecular formula is C24H32N6. The number of anilines is 1. The molecular weight excluding hydrogens is 372 g/mol. The molecule has 1 saturated carbocycles. The number of aryl methyl sites for hydroxylation is 1. The van der Waals surface area contributed by atoms with Crippen LogP contribution in [0.2, 0.25) is 0 Å². The molecule has 4 rings (SSSR count). The molecule has 0 aliphatic heterocycles. The lowest BCUT2D eigenvalue weighted by Gasteiger charge is -2.32. The van der Waals surface area contributed by atoms with Gasteiger partial charge in [0.2, 0.25) is 0 Å². The Balaban J connectivity index is 1.36. The highest BCUT2D eigenvalue weighted by Crippen LogP contribution is 2.35. The molecule has 1 fully saturated rings. The van der Waals surface area contributed by atoms with Crippen LogP contribution in [0.1, 0.15) is 58.4 Å². The van der Waals surface area contributed by atoms with E-state index in [1.807, 2.05) is 18.3 Å². The summed E-state index contributed by atoms with van der Waals surface area (Å²) in [7, 11) is 0. The first-order valence-electron chi connectivity index (χ1n) is 11.1. The third-order valence-electron chi connectivity index (χ3n) is 6.36. The van der Waals surface area contributed by atoms with E-state index >= 15 is 0 Å². The Bertz CT molecular complexity index is 1080. The smallest absolute Gasteiger partial charge is 0.265 e. The summed E-state index contributed by atoms with van der Waals surface area (Å²) in [4.78, 5) is 7.91. The van der Waals surface area contributed by atoms with Crippen molar-refractivity contribution in [1.82, 2.24) is 20.2 Å². The molecule has 0 unspecified atom stereocenters. The molecule has 0 spiro atoms. The maximum atomic E-state index is 4.56. The number of hydrogen-bond donors (Lipinski definition) is 2. The van der Waals surface area contributed by atoms with E-state index in [1.54, 1.807) is 0 Å². The summed E-state index contributed by atoms with van der Waals surface area (Å²) in [5.74, 6) is 2.42. The van der Waals surface area contributed by atoms with Crippen molar-refractivity contribution in [2.75, 3.05) is 5.43 Å². The Morgan fingerprint density at radius 2 is 2.13 bits per heavy atom. The second-order valence-corrected chi connectivity index (χ2v) is 9.02. The molecule has 0 bridgehead atoms. The summed E-state index contributed by atoms with van der Waals surface area (Å²) in [6, 6.07) is 6.15. The molecule has 2 aromatic heterocycles. The van der Waals surface area contributed by atoms with Gasteiger partial charge in [0.15, 0.2) is 5.65 Å². The number of allylic oxidation sites excluding steroid dienone is 2. The van der Waals surface area contributed by atoms with Gasteiger partial charge in [-0.25, -0.2) is 5.43 Å². The van der Waals surface area contributed by atoms with Crippen molar-refractivity contribution in [2.45, 2.75) is 59.8 Å². The van der Waals surface area contributed by atoms with Crippen molar-refractivity contribution < 1.29 is 0 Å². The maximum absolute atomic E-state index is 4.56. The van der Waals surface area contributed by atoms with Gasteiger partial charge < -0.3 is 4.98 Å². The third-order valence-corrected chi connectivity index (χ3v) is 6.36. The predicted molar refractivity (Wildman–Crippen MR) is 125 cm³/mol. The first-order chi connectivity index (χ1) is 14.5. The van der Waals surface area contributed by atoms with Crippen molar-refractivity contribution in [3.63, 3.8) is 0 Å². The minimum Gasteiger partial charge on any atom is -0.337 e. The van der Waals surface area contributed by atoms with Crippen LogP contribution in [0.3, 0.4) is 0 Å². The van der Waals surface area contributed by atoms with Crippen molar-refractivity contribution in [3.05, 3.63) is 35.4 Å². The molecule has 2 N–H and O–H groups in total. The number of para-hydroxylation sites is 1. The third kappa shape index (κ3) is 4.53. The number of nitrogens with zero attached hydrogens (tertiary/aromatic N) is 4. The average molecular weight is 405 g/mol. The van der Waals surface area contributed by atoms with Crippen LogP contribution in [0.5, 0.6) is 0 Å². The SMILES string of the molecule is CC(C)=CCC[C@@H]1CC[C@H](/C=N/Nc2nnc3c(n2)[nH]c2c(C)cccc23)[C@@H](C)C1. The second kappa shape index (κ2) is 8.94. The molecule has 1 aliphatic rings. The van der Waals surface area contributed by atoms with E-state index in [-0.39, 0.29) is 0 Å². The zero-order chi connectivity index (χ0) is 21.1. The Morgan fingerprint density at radius 1 is 1.27 bits per heavy atom. The topological polar surface area (TPSA) is 78.8 Å². The lowest BCUT2D eigenvalue weighted by Crippen LogP contribution is -2.24. The Labute approximate surface area is 178 Å². The highest BCUT2D eigenvalue weighted by atomic mass is 15.4. The number of rotatable bonds is 6. The molecule has 30 heavy (non-hydrogen) atoms. The number of hydrogen-bond acceptors (Lipinski definition) is 5. The van der Waals surface area contributed by atoms with Crippen molar-refractivity contribution in [2.24, 2.45) is 22.9 Å². The van der Waals surface area contributed by atoms with E-state index in [0.717, 1.165) is 28.0 Å². The van der Waals surface area contributed by atoms with E-state index in [4.69, 9.17) is 0 Å². The fourth-order valence-electron chi connectivity index (χ4n) is 4.60. The minimum absolute atomic E-state index is 0.422. The van der Waals surface area contributed by atoms with Crippen molar-refractivity contribution >= 4 is 34.2 Å². The van der Waals surface area contributed by atoms with Gasteiger partial charge in [-0.2, -0.15) is 10.1 Å². The summed E-state index contributed by atoms with van der Waals surface area (Å²) in [5.41, 5.74) is 8.16. The van der Waals surface area contributed by atoms with Crippen LogP contribution >= 0.6 is 0 Å². The molecule has 1 aromatic carbocycles. The molecule has 158 valence electrons. The molecule has 1 aliphatic carbocycles. The van der Waals surface area contributed by atoms with Gasteiger partial charge in [-0.05, 0) is 76.2 Å². The quantitative estimate of drug-likeness (QED) is 0.299. The summed E-state index contributed by atoms with van der Waals surface area (Å²) in [6.45, 7) is 8.78. The number of H-pyrrole nitrogens is 1. The number of fused-ring (bicyclic) bond motifs is 3. The van der Waals surface area contributed by atoms with Gasteiger partial charge in [-0.3, -0.25) is 0 Å². The minimum atomic E-state index is 0.422. The molecule has 0 saturated heterocycles. The van der Waals surface area contributed by atoms with Crippen LogP contribution in [0.4, 0.5) is 5.95 Å². The van der Waals surface area contributed by atoms with Gasteiger partial charge in [0.25, 0.3) is 5.95 Å². The van der Waals surface area contributed by atoms with Gasteiger partial charge in [-0.1, -0.05) is 36.8 Å². The molecule has 2 heterocycles. The highest BCUT2D eigenvalue weighted by Gasteiger charge is 2.26. The van der Waals surface area contributed by atoms with Gasteiger partial charge in [0.1, 0.15) is 5.52 Å². The predicted octanol–water partition coefficient (Wildman–Crippen LogP) is 6.01. The molecule has 3 aromatic rings. The first kappa shape index (κ1) is 20.5. The lowest BCUT2D eigenvalue weighted by molar-refractivity contribution is 0.235. The normalized spacial score (nSPS) is 22.1. The molecule has 6 nitrogen and oxygen atoms in total. The number of benzene rings is 1. The Kier molecular flexibility index (Phi) is 6.11. The zero-order valence-corrected chi connectivity index (χ0v) is 18.4. The molecule has 3 atom stereocenters. The largest absolute Gasteiger partial charge is 0.337 e. The molecule has 0 radical (unpaired) electrons. The molecule has 0 amide bonds. The van der Waals surface area contributed by atoms with Gasteiger partial charge in [0, 0.05) is 11.6 Å². The summed E-state index contributed by atoms with van der Waals surface area (Å²) >= 11 is 0. The summed E-state index contributed by atoms with van der Waals surface area (Å²) < 4.78 is 0. The number of aromatic nitrogens is 4. The molecule has 6 heteroatoms. The van der Waals surface area contributed by atoms with Crippen LogP contribution in [-0.2, 0) is 0 Å². The highest BCUT2D eigenvalue weighted by molar-refractivity contribution is 6.04. The fraction of sp³-hybridized carbons (Fsp3) is 0.500. The van der Waals surface area contributed by atoms with E-state index < -0.39 is 0 Å². The van der Waals surface area contributed by atoms with E-state index in [9.17, 15) is 0 Å². The number of nitrogens with one attached hydrogen (secondary N) is 2. The van der Waals surface area contributed by atoms with Crippen molar-refractivity contribution in [3.8, 4) is 0 Å². The monoisotopic (exact) mass is 404 g/mol. The van der Waals surface area contributed by atoms with E-state index in [2.05, 4.69) is 70.5 Å². The summed E-state index contributed by atoms with van der Waals surface area (Å²) in [5, 5.41) is 14.1. The Hall–Kier alpha value is -2.76. The fourth-order valence-corrected chi connectivity index (χ4v) is 4.60.